The van der Waals surface area contributed by atoms with E-state index in [4.69, 9.17) is 11.2 Å². The number of aromatic nitrogens is 1. The minimum Gasteiger partial charge on any atom is -0.492 e. The summed E-state index contributed by atoms with van der Waals surface area (Å²) < 4.78 is 9.43. The quantitative estimate of drug-likeness (QED) is 0.433. The molecule has 6 heteroatoms. The van der Waals surface area contributed by atoms with Crippen LogP contribution in [0.5, 0.6) is 5.75 Å². The fourth-order valence-electron chi connectivity index (χ4n) is 2.47. The van der Waals surface area contributed by atoms with Gasteiger partial charge in [-0.2, -0.15) is 4.99 Å². The fourth-order valence-corrected chi connectivity index (χ4v) is 4.14. The Morgan fingerprint density at radius 3 is 2.84 bits per heavy atom. The number of rotatable bonds is 4. The molecular formula is C19H15IN2O2S. The van der Waals surface area contributed by atoms with E-state index in [0.29, 0.717) is 23.5 Å². The van der Waals surface area contributed by atoms with E-state index in [9.17, 15) is 4.79 Å². The third kappa shape index (κ3) is 3.62. The van der Waals surface area contributed by atoms with Crippen LogP contribution in [0.1, 0.15) is 17.3 Å². The van der Waals surface area contributed by atoms with E-state index in [-0.39, 0.29) is 5.91 Å². The van der Waals surface area contributed by atoms with Crippen molar-refractivity contribution in [3.63, 3.8) is 0 Å². The molecule has 0 atom stereocenters. The number of hydrogen-bond donors (Lipinski definition) is 0. The summed E-state index contributed by atoms with van der Waals surface area (Å²) in [5.74, 6) is 3.11. The van der Waals surface area contributed by atoms with Crippen molar-refractivity contribution < 1.29 is 9.53 Å². The van der Waals surface area contributed by atoms with Crippen molar-refractivity contribution in [2.24, 2.45) is 4.99 Å². The Balaban J connectivity index is 2.21. The molecule has 25 heavy (non-hydrogen) atoms. The maximum Gasteiger partial charge on any atom is 0.280 e. The maximum absolute atomic E-state index is 12.6. The zero-order valence-corrected chi connectivity index (χ0v) is 16.5. The summed E-state index contributed by atoms with van der Waals surface area (Å²) in [5, 5.41) is 0. The topological polar surface area (TPSA) is 43.6 Å². The molecule has 0 radical (unpaired) electrons. The molecule has 2 aromatic carbocycles. The highest BCUT2D eigenvalue weighted by atomic mass is 127. The smallest absolute Gasteiger partial charge is 0.280 e. The molecule has 0 unspecified atom stereocenters. The van der Waals surface area contributed by atoms with Crippen LogP contribution in [0.4, 0.5) is 0 Å². The first-order valence-corrected chi connectivity index (χ1v) is 9.57. The van der Waals surface area contributed by atoms with Crippen LogP contribution in [-0.2, 0) is 6.54 Å². The van der Waals surface area contributed by atoms with Crippen LogP contribution in [0.25, 0.3) is 10.2 Å². The zero-order chi connectivity index (χ0) is 17.8. The summed E-state index contributed by atoms with van der Waals surface area (Å²) in [5.41, 5.74) is 1.46. The van der Waals surface area contributed by atoms with Gasteiger partial charge in [0.2, 0.25) is 0 Å². The van der Waals surface area contributed by atoms with E-state index in [0.717, 1.165) is 19.5 Å². The summed E-state index contributed by atoms with van der Waals surface area (Å²) >= 11 is 3.57. The second-order valence-electron chi connectivity index (χ2n) is 5.11. The van der Waals surface area contributed by atoms with Gasteiger partial charge in [-0.05, 0) is 53.8 Å². The van der Waals surface area contributed by atoms with Gasteiger partial charge in [0.05, 0.1) is 23.4 Å². The first-order valence-electron chi connectivity index (χ1n) is 7.68. The lowest BCUT2D eigenvalue weighted by molar-refractivity contribution is 0.0997. The number of halogens is 1. The third-order valence-electron chi connectivity index (χ3n) is 3.51. The fraction of sp³-hybridized carbons (Fsp3) is 0.158. The van der Waals surface area contributed by atoms with Crippen LogP contribution in [0, 0.1) is 15.9 Å². The van der Waals surface area contributed by atoms with Gasteiger partial charge >= 0.3 is 0 Å². The van der Waals surface area contributed by atoms with Crippen molar-refractivity contribution >= 4 is 50.1 Å². The summed E-state index contributed by atoms with van der Waals surface area (Å²) in [6, 6.07) is 13.2. The molecule has 1 heterocycles. The second kappa shape index (κ2) is 7.85. The maximum atomic E-state index is 12.6. The lowest BCUT2D eigenvalue weighted by Gasteiger charge is -2.07. The van der Waals surface area contributed by atoms with Gasteiger partial charge in [-0.25, -0.2) is 0 Å². The van der Waals surface area contributed by atoms with E-state index >= 15 is 0 Å². The van der Waals surface area contributed by atoms with E-state index in [1.807, 2.05) is 47.9 Å². The SMILES string of the molecule is C#CCn1c(=NC(=O)c2ccccc2I)sc2cccc(OCC)c21. The molecule has 0 aliphatic heterocycles. The Bertz CT molecular complexity index is 1040. The van der Waals surface area contributed by atoms with E-state index in [2.05, 4.69) is 33.5 Å². The lowest BCUT2D eigenvalue weighted by atomic mass is 10.2. The van der Waals surface area contributed by atoms with Crippen molar-refractivity contribution in [1.29, 1.82) is 0 Å². The van der Waals surface area contributed by atoms with Gasteiger partial charge in [-0.3, -0.25) is 4.79 Å². The summed E-state index contributed by atoms with van der Waals surface area (Å²) in [7, 11) is 0. The number of terminal acetylenes is 1. The van der Waals surface area contributed by atoms with Gasteiger partial charge < -0.3 is 9.30 Å². The first-order chi connectivity index (χ1) is 12.2. The molecule has 3 rings (SSSR count). The standard InChI is InChI=1S/C19H15IN2O2S/c1-3-12-22-17-15(24-4-2)10-7-11-16(17)25-19(22)21-18(23)13-8-5-6-9-14(13)20/h1,5-11H,4,12H2,2H3. The molecular weight excluding hydrogens is 447 g/mol. The van der Waals surface area contributed by atoms with Gasteiger partial charge in [0.15, 0.2) is 4.80 Å². The highest BCUT2D eigenvalue weighted by molar-refractivity contribution is 14.1. The number of hydrogen-bond acceptors (Lipinski definition) is 3. The minimum absolute atomic E-state index is 0.278. The van der Waals surface area contributed by atoms with E-state index < -0.39 is 0 Å². The molecule has 0 fully saturated rings. The predicted octanol–water partition coefficient (Wildman–Crippen LogP) is 4.08. The zero-order valence-electron chi connectivity index (χ0n) is 13.5. The highest BCUT2D eigenvalue weighted by Gasteiger charge is 2.13. The molecule has 126 valence electrons. The molecule has 0 aliphatic rings. The van der Waals surface area contributed by atoms with Crippen molar-refractivity contribution in [2.45, 2.75) is 13.5 Å². The predicted molar refractivity (Wildman–Crippen MR) is 109 cm³/mol. The van der Waals surface area contributed by atoms with Crippen LogP contribution < -0.4 is 9.54 Å². The Labute approximate surface area is 163 Å². The van der Waals surface area contributed by atoms with E-state index in [1.54, 1.807) is 6.07 Å². The number of amides is 1. The Hall–Kier alpha value is -2.11. The lowest BCUT2D eigenvalue weighted by Crippen LogP contribution is -2.17. The largest absolute Gasteiger partial charge is 0.492 e. The monoisotopic (exact) mass is 462 g/mol. The Kier molecular flexibility index (Phi) is 5.56. The third-order valence-corrected chi connectivity index (χ3v) is 5.50. The number of para-hydroxylation sites is 1. The number of benzene rings is 2. The first kappa shape index (κ1) is 17.7. The van der Waals surface area contributed by atoms with Crippen molar-refractivity contribution in [2.75, 3.05) is 6.61 Å². The van der Waals surface area contributed by atoms with Gasteiger partial charge in [-0.1, -0.05) is 35.5 Å². The van der Waals surface area contributed by atoms with Gasteiger partial charge in [0.25, 0.3) is 5.91 Å². The number of carbonyl (C=O) groups is 1. The van der Waals surface area contributed by atoms with E-state index in [1.165, 1.54) is 11.3 Å². The van der Waals surface area contributed by atoms with Crippen LogP contribution in [0.15, 0.2) is 47.5 Å². The average molecular weight is 462 g/mol. The number of nitrogens with zero attached hydrogens (tertiary/aromatic N) is 2. The van der Waals surface area contributed by atoms with Crippen LogP contribution >= 0.6 is 33.9 Å². The van der Waals surface area contributed by atoms with Crippen molar-refractivity contribution in [3.8, 4) is 18.1 Å². The summed E-state index contributed by atoms with van der Waals surface area (Å²) in [6.45, 7) is 2.81. The molecule has 0 N–H and O–H groups in total. The molecule has 1 amide bonds. The minimum atomic E-state index is -0.278. The van der Waals surface area contributed by atoms with Crippen LogP contribution in [0.3, 0.4) is 0 Å². The number of fused-ring (bicyclic) bond motifs is 1. The molecule has 0 aliphatic carbocycles. The normalized spacial score (nSPS) is 11.5. The van der Waals surface area contributed by atoms with Crippen molar-refractivity contribution in [1.82, 2.24) is 4.57 Å². The molecule has 3 aromatic rings. The summed E-state index contributed by atoms with van der Waals surface area (Å²) in [4.78, 5) is 17.5. The molecule has 0 saturated heterocycles. The number of ether oxygens (including phenoxy) is 1. The molecule has 4 nitrogen and oxygen atoms in total. The molecule has 0 spiro atoms. The van der Waals surface area contributed by atoms with Crippen LogP contribution in [-0.4, -0.2) is 17.1 Å². The van der Waals surface area contributed by atoms with Gasteiger partial charge in [0.1, 0.15) is 11.3 Å². The summed E-state index contributed by atoms with van der Waals surface area (Å²) in [6.07, 6.45) is 5.53. The molecule has 0 saturated carbocycles. The Morgan fingerprint density at radius 1 is 1.32 bits per heavy atom. The Morgan fingerprint density at radius 2 is 2.12 bits per heavy atom. The second-order valence-corrected chi connectivity index (χ2v) is 7.28. The van der Waals surface area contributed by atoms with Crippen molar-refractivity contribution in [3.05, 3.63) is 56.4 Å². The molecule has 0 bridgehead atoms. The van der Waals surface area contributed by atoms with Crippen LogP contribution in [0.2, 0.25) is 0 Å². The number of thiazole rings is 1. The highest BCUT2D eigenvalue weighted by Crippen LogP contribution is 2.27. The number of carbonyl (C=O) groups excluding carboxylic acids is 1. The average Bonchev–Trinajstić information content (AvgIpc) is 2.94. The van der Waals surface area contributed by atoms with Gasteiger partial charge in [-0.15, -0.1) is 6.42 Å². The molecule has 1 aromatic heterocycles. The van der Waals surface area contributed by atoms with Gasteiger partial charge in [0, 0.05) is 3.57 Å².